The zero-order valence-electron chi connectivity index (χ0n) is 11.3. The molecule has 0 atom stereocenters. The lowest BCUT2D eigenvalue weighted by molar-refractivity contribution is 0.802. The Labute approximate surface area is 133 Å². The van der Waals surface area contributed by atoms with Gasteiger partial charge in [0.15, 0.2) is 0 Å². The number of rotatable bonds is 2. The minimum absolute atomic E-state index is 0.797. The molecule has 0 aliphatic carbocycles. The second kappa shape index (κ2) is 6.19. The first kappa shape index (κ1) is 14.0. The van der Waals surface area contributed by atoms with Crippen LogP contribution < -0.4 is 4.90 Å². The fourth-order valence-corrected chi connectivity index (χ4v) is 3.87. The zero-order chi connectivity index (χ0) is 13.9. The van der Waals surface area contributed by atoms with Crippen molar-refractivity contribution in [2.75, 3.05) is 18.0 Å². The molecule has 3 rings (SSSR count). The van der Waals surface area contributed by atoms with Crippen molar-refractivity contribution in [2.45, 2.75) is 18.2 Å². The third-order valence-corrected chi connectivity index (χ3v) is 4.90. The predicted molar refractivity (Wildman–Crippen MR) is 90.1 cm³/mol. The van der Waals surface area contributed by atoms with Gasteiger partial charge in [0.25, 0.3) is 0 Å². The fourth-order valence-electron chi connectivity index (χ4n) is 2.88. The molecule has 0 radical (unpaired) electrons. The highest BCUT2D eigenvalue weighted by atomic mass is 79.9. The summed E-state index contributed by atoms with van der Waals surface area (Å²) in [6, 6.07) is 15.0. The van der Waals surface area contributed by atoms with Gasteiger partial charge in [-0.3, -0.25) is 0 Å². The van der Waals surface area contributed by atoms with E-state index in [2.05, 4.69) is 51.2 Å². The van der Waals surface area contributed by atoms with E-state index in [4.69, 9.17) is 11.6 Å². The molecule has 104 valence electrons. The summed E-state index contributed by atoms with van der Waals surface area (Å²) in [6.07, 6.45) is 2.20. The molecule has 0 saturated carbocycles. The lowest BCUT2D eigenvalue weighted by Crippen LogP contribution is -2.27. The highest BCUT2D eigenvalue weighted by Crippen LogP contribution is 2.31. The summed E-state index contributed by atoms with van der Waals surface area (Å²) in [5.41, 5.74) is 5.43. The van der Waals surface area contributed by atoms with Crippen molar-refractivity contribution in [3.63, 3.8) is 0 Å². The Balaban J connectivity index is 1.89. The molecular formula is C17H17BrClN. The summed E-state index contributed by atoms with van der Waals surface area (Å²) >= 11 is 9.88. The number of alkyl halides is 1. The van der Waals surface area contributed by atoms with Crippen LogP contribution in [0.25, 0.3) is 0 Å². The molecule has 1 heterocycles. The predicted octanol–water partition coefficient (Wildman–Crippen LogP) is 4.84. The molecule has 3 heteroatoms. The maximum atomic E-state index is 6.32. The number of halogens is 2. The molecule has 1 aliphatic rings. The van der Waals surface area contributed by atoms with Crippen molar-refractivity contribution in [3.8, 4) is 0 Å². The first-order chi connectivity index (χ1) is 9.79. The molecule has 2 aromatic carbocycles. The average Bonchev–Trinajstić information content (AvgIpc) is 2.69. The van der Waals surface area contributed by atoms with Crippen molar-refractivity contribution >= 4 is 33.2 Å². The summed E-state index contributed by atoms with van der Waals surface area (Å²) in [6.45, 7) is 2.11. The van der Waals surface area contributed by atoms with Gasteiger partial charge in [-0.15, -0.1) is 0 Å². The van der Waals surface area contributed by atoms with Crippen molar-refractivity contribution in [2.24, 2.45) is 0 Å². The SMILES string of the molecule is Clc1cccc(N2CCc3ccccc3CC2)c1CBr. The molecule has 0 N–H and O–H groups in total. The maximum absolute atomic E-state index is 6.32. The summed E-state index contributed by atoms with van der Waals surface area (Å²) in [5, 5.41) is 1.65. The Morgan fingerprint density at radius 2 is 1.60 bits per heavy atom. The second-order valence-electron chi connectivity index (χ2n) is 5.13. The molecule has 0 amide bonds. The van der Waals surface area contributed by atoms with Crippen LogP contribution in [-0.2, 0) is 18.2 Å². The van der Waals surface area contributed by atoms with Gasteiger partial charge in [-0.05, 0) is 36.1 Å². The van der Waals surface area contributed by atoms with Crippen LogP contribution in [0, 0.1) is 0 Å². The molecule has 1 nitrogen and oxygen atoms in total. The van der Waals surface area contributed by atoms with E-state index in [-0.39, 0.29) is 0 Å². The van der Waals surface area contributed by atoms with E-state index in [9.17, 15) is 0 Å². The molecule has 0 spiro atoms. The van der Waals surface area contributed by atoms with Gasteiger partial charge in [-0.1, -0.05) is 57.9 Å². The molecule has 0 aromatic heterocycles. The maximum Gasteiger partial charge on any atom is 0.0467 e. The van der Waals surface area contributed by atoms with Crippen molar-refractivity contribution in [3.05, 3.63) is 64.2 Å². The Kier molecular flexibility index (Phi) is 4.32. The molecule has 0 unspecified atom stereocenters. The van der Waals surface area contributed by atoms with Crippen LogP contribution in [0.5, 0.6) is 0 Å². The van der Waals surface area contributed by atoms with Gasteiger partial charge in [0.2, 0.25) is 0 Å². The summed E-state index contributed by atoms with van der Waals surface area (Å²) < 4.78 is 0. The van der Waals surface area contributed by atoms with Crippen molar-refractivity contribution in [1.82, 2.24) is 0 Å². The van der Waals surface area contributed by atoms with Gasteiger partial charge in [-0.2, -0.15) is 0 Å². The van der Waals surface area contributed by atoms with Gasteiger partial charge in [0.1, 0.15) is 0 Å². The Morgan fingerprint density at radius 3 is 2.20 bits per heavy atom. The zero-order valence-corrected chi connectivity index (χ0v) is 13.6. The van der Waals surface area contributed by atoms with E-state index in [1.54, 1.807) is 0 Å². The van der Waals surface area contributed by atoms with Crippen molar-refractivity contribution < 1.29 is 0 Å². The first-order valence-corrected chi connectivity index (χ1v) is 8.44. The quantitative estimate of drug-likeness (QED) is 0.701. The van der Waals surface area contributed by atoms with E-state index >= 15 is 0 Å². The fraction of sp³-hybridized carbons (Fsp3) is 0.294. The number of anilines is 1. The van der Waals surface area contributed by atoms with E-state index in [0.29, 0.717) is 0 Å². The van der Waals surface area contributed by atoms with Crippen LogP contribution in [0.1, 0.15) is 16.7 Å². The number of nitrogens with zero attached hydrogens (tertiary/aromatic N) is 1. The Bertz CT molecular complexity index is 585. The highest BCUT2D eigenvalue weighted by molar-refractivity contribution is 9.08. The summed E-state index contributed by atoms with van der Waals surface area (Å²) in [7, 11) is 0. The van der Waals surface area contributed by atoms with Gasteiger partial charge in [0.05, 0.1) is 0 Å². The largest absolute Gasteiger partial charge is 0.371 e. The highest BCUT2D eigenvalue weighted by Gasteiger charge is 2.17. The number of hydrogen-bond acceptors (Lipinski definition) is 1. The van der Waals surface area contributed by atoms with Crippen LogP contribution in [0.4, 0.5) is 5.69 Å². The molecular weight excluding hydrogens is 334 g/mol. The third-order valence-electron chi connectivity index (χ3n) is 3.99. The molecule has 1 aliphatic heterocycles. The monoisotopic (exact) mass is 349 g/mol. The normalized spacial score (nSPS) is 14.8. The van der Waals surface area contributed by atoms with E-state index in [0.717, 1.165) is 36.3 Å². The summed E-state index contributed by atoms with van der Waals surface area (Å²) in [4.78, 5) is 2.46. The van der Waals surface area contributed by atoms with Gasteiger partial charge < -0.3 is 4.90 Å². The van der Waals surface area contributed by atoms with E-state index in [1.165, 1.54) is 22.4 Å². The molecule has 20 heavy (non-hydrogen) atoms. The van der Waals surface area contributed by atoms with E-state index < -0.39 is 0 Å². The Hall–Kier alpha value is -0.990. The van der Waals surface area contributed by atoms with Crippen LogP contribution in [-0.4, -0.2) is 13.1 Å². The lowest BCUT2D eigenvalue weighted by atomic mass is 10.0. The topological polar surface area (TPSA) is 3.24 Å². The molecule has 0 bridgehead atoms. The van der Waals surface area contributed by atoms with Gasteiger partial charge in [0, 0.05) is 34.7 Å². The summed E-state index contributed by atoms with van der Waals surface area (Å²) in [5.74, 6) is 0. The smallest absolute Gasteiger partial charge is 0.0467 e. The average molecular weight is 351 g/mol. The van der Waals surface area contributed by atoms with Gasteiger partial charge >= 0.3 is 0 Å². The standard InChI is InChI=1S/C17H17BrClN/c18-12-15-16(19)6-3-7-17(15)20-10-8-13-4-1-2-5-14(13)9-11-20/h1-7H,8-12H2. The van der Waals surface area contributed by atoms with Crippen LogP contribution >= 0.6 is 27.5 Å². The second-order valence-corrected chi connectivity index (χ2v) is 6.09. The number of hydrogen-bond donors (Lipinski definition) is 0. The van der Waals surface area contributed by atoms with Crippen LogP contribution in [0.3, 0.4) is 0 Å². The van der Waals surface area contributed by atoms with Crippen LogP contribution in [0.2, 0.25) is 5.02 Å². The lowest BCUT2D eigenvalue weighted by Gasteiger charge is -2.25. The van der Waals surface area contributed by atoms with E-state index in [1.807, 2.05) is 12.1 Å². The molecule has 0 saturated heterocycles. The van der Waals surface area contributed by atoms with Crippen LogP contribution in [0.15, 0.2) is 42.5 Å². The Morgan fingerprint density at radius 1 is 0.950 bits per heavy atom. The minimum Gasteiger partial charge on any atom is -0.371 e. The third kappa shape index (κ3) is 2.72. The van der Waals surface area contributed by atoms with Gasteiger partial charge in [-0.25, -0.2) is 0 Å². The number of benzene rings is 2. The number of fused-ring (bicyclic) bond motifs is 1. The first-order valence-electron chi connectivity index (χ1n) is 6.94. The minimum atomic E-state index is 0.797. The van der Waals surface area contributed by atoms with Crippen molar-refractivity contribution in [1.29, 1.82) is 0 Å². The molecule has 0 fully saturated rings. The molecule has 2 aromatic rings.